The summed E-state index contributed by atoms with van der Waals surface area (Å²) in [7, 11) is 0. The number of unbranched alkanes of at least 4 members (excludes halogenated alkanes) is 3. The molecule has 170 valence electrons. The van der Waals surface area contributed by atoms with E-state index in [2.05, 4.69) is 41.6 Å². The van der Waals surface area contributed by atoms with Gasteiger partial charge >= 0.3 is 0 Å². The van der Waals surface area contributed by atoms with Gasteiger partial charge in [0.15, 0.2) is 0 Å². The second-order valence-corrected chi connectivity index (χ2v) is 8.28. The van der Waals surface area contributed by atoms with E-state index in [1.54, 1.807) is 18.3 Å². The first-order chi connectivity index (χ1) is 15.5. The average Bonchev–Trinajstić information content (AvgIpc) is 3.22. The highest BCUT2D eigenvalue weighted by Crippen LogP contribution is 2.25. The second-order valence-electron chi connectivity index (χ2n) is 8.28. The first kappa shape index (κ1) is 23.4. The number of aryl methyl sites for hydroxylation is 2. The summed E-state index contributed by atoms with van der Waals surface area (Å²) in [6.45, 7) is 4.90. The largest absolute Gasteiger partial charge is 0.397 e. The van der Waals surface area contributed by atoms with Crippen LogP contribution in [0.2, 0.25) is 0 Å². The van der Waals surface area contributed by atoms with Crippen molar-refractivity contribution in [2.24, 2.45) is 0 Å². The zero-order chi connectivity index (χ0) is 22.9. The number of nitrogen functional groups attached to an aromatic ring is 1. The van der Waals surface area contributed by atoms with Crippen molar-refractivity contribution in [3.8, 4) is 0 Å². The number of para-hydroxylation sites is 2. The number of carbonyl (C=O) groups excluding carboxylic acids is 2. The van der Waals surface area contributed by atoms with Crippen molar-refractivity contribution in [2.75, 3.05) is 17.6 Å². The fourth-order valence-corrected chi connectivity index (χ4v) is 3.92. The number of nitrogens with one attached hydrogen (secondary N) is 3. The van der Waals surface area contributed by atoms with Gasteiger partial charge in [0.2, 0.25) is 5.91 Å². The minimum atomic E-state index is -0.0609. The summed E-state index contributed by atoms with van der Waals surface area (Å²) >= 11 is 0. The number of benzene rings is 2. The molecule has 2 amide bonds. The van der Waals surface area contributed by atoms with Crippen LogP contribution in [0.4, 0.5) is 11.4 Å². The molecule has 0 saturated heterocycles. The van der Waals surface area contributed by atoms with E-state index in [0.717, 1.165) is 36.6 Å². The molecule has 6 heteroatoms. The summed E-state index contributed by atoms with van der Waals surface area (Å²) in [5.41, 5.74) is 11.4. The average molecular weight is 435 g/mol. The van der Waals surface area contributed by atoms with Crippen molar-refractivity contribution in [3.05, 3.63) is 59.3 Å². The Labute approximate surface area is 190 Å². The van der Waals surface area contributed by atoms with Gasteiger partial charge in [-0.15, -0.1) is 0 Å². The number of H-pyrrole nitrogens is 1. The standard InChI is InChI=1S/C26H34N4O2/c1-3-4-10-19-14-15-20-21(17-29-25(20)18(19)2)26(32)28-16-9-5-6-13-24(31)30-23-12-8-7-11-22(23)27/h7-8,11-12,14-15,17,29H,3-6,9-10,13,16,27H2,1-2H3,(H,28,32)(H,30,31). The Morgan fingerprint density at radius 3 is 2.62 bits per heavy atom. The van der Waals surface area contributed by atoms with Crippen LogP contribution in [-0.2, 0) is 11.2 Å². The molecule has 0 unspecified atom stereocenters. The summed E-state index contributed by atoms with van der Waals surface area (Å²) in [6.07, 6.45) is 8.10. The number of aromatic amines is 1. The second kappa shape index (κ2) is 11.4. The predicted molar refractivity (Wildman–Crippen MR) is 132 cm³/mol. The first-order valence-electron chi connectivity index (χ1n) is 11.5. The summed E-state index contributed by atoms with van der Waals surface area (Å²) in [4.78, 5) is 28.0. The number of anilines is 2. The van der Waals surface area contributed by atoms with Gasteiger partial charge in [0.05, 0.1) is 16.9 Å². The van der Waals surface area contributed by atoms with E-state index in [1.807, 2.05) is 12.1 Å². The lowest BCUT2D eigenvalue weighted by atomic mass is 9.99. The van der Waals surface area contributed by atoms with Crippen molar-refractivity contribution < 1.29 is 9.59 Å². The Morgan fingerprint density at radius 1 is 1.03 bits per heavy atom. The van der Waals surface area contributed by atoms with Crippen LogP contribution in [0.25, 0.3) is 10.9 Å². The van der Waals surface area contributed by atoms with Gasteiger partial charge in [0.25, 0.3) is 5.91 Å². The van der Waals surface area contributed by atoms with Crippen LogP contribution in [0.15, 0.2) is 42.6 Å². The number of fused-ring (bicyclic) bond motifs is 1. The summed E-state index contributed by atoms with van der Waals surface area (Å²) in [5.74, 6) is -0.103. The molecule has 6 nitrogen and oxygen atoms in total. The van der Waals surface area contributed by atoms with E-state index < -0.39 is 0 Å². The molecular formula is C26H34N4O2. The molecule has 0 atom stereocenters. The molecule has 3 rings (SSSR count). The molecule has 0 saturated carbocycles. The molecule has 0 aliphatic heterocycles. The van der Waals surface area contributed by atoms with Crippen LogP contribution in [0.5, 0.6) is 0 Å². The van der Waals surface area contributed by atoms with Crippen LogP contribution in [-0.4, -0.2) is 23.3 Å². The fraction of sp³-hybridized carbons (Fsp3) is 0.385. The lowest BCUT2D eigenvalue weighted by Gasteiger charge is -2.08. The van der Waals surface area contributed by atoms with Crippen LogP contribution < -0.4 is 16.4 Å². The van der Waals surface area contributed by atoms with E-state index in [9.17, 15) is 9.59 Å². The van der Waals surface area contributed by atoms with Crippen LogP contribution in [0, 0.1) is 6.92 Å². The highest BCUT2D eigenvalue weighted by Gasteiger charge is 2.14. The number of nitrogens with two attached hydrogens (primary N) is 1. The minimum Gasteiger partial charge on any atom is -0.397 e. The number of hydrogen-bond donors (Lipinski definition) is 4. The SMILES string of the molecule is CCCCc1ccc2c(C(=O)NCCCCCC(=O)Nc3ccccc3N)c[nH]c2c1C. The Hall–Kier alpha value is -3.28. The monoisotopic (exact) mass is 434 g/mol. The minimum absolute atomic E-state index is 0.0422. The van der Waals surface area contributed by atoms with Crippen LogP contribution in [0.3, 0.4) is 0 Å². The third-order valence-corrected chi connectivity index (χ3v) is 5.87. The molecule has 1 heterocycles. The van der Waals surface area contributed by atoms with Gasteiger partial charge in [-0.3, -0.25) is 9.59 Å². The maximum Gasteiger partial charge on any atom is 0.253 e. The number of rotatable bonds is 11. The molecule has 0 aliphatic carbocycles. The third-order valence-electron chi connectivity index (χ3n) is 5.87. The molecule has 0 aliphatic rings. The lowest BCUT2D eigenvalue weighted by Crippen LogP contribution is -2.24. The molecule has 32 heavy (non-hydrogen) atoms. The van der Waals surface area contributed by atoms with E-state index in [1.165, 1.54) is 24.0 Å². The van der Waals surface area contributed by atoms with Crippen LogP contribution in [0.1, 0.15) is 66.9 Å². The van der Waals surface area contributed by atoms with Crippen LogP contribution >= 0.6 is 0 Å². The molecule has 2 aromatic carbocycles. The topological polar surface area (TPSA) is 100 Å². The predicted octanol–water partition coefficient (Wildman–Crippen LogP) is 5.33. The zero-order valence-corrected chi connectivity index (χ0v) is 19.1. The third kappa shape index (κ3) is 5.90. The van der Waals surface area contributed by atoms with Gasteiger partial charge in [-0.05, 0) is 55.9 Å². The first-order valence-corrected chi connectivity index (χ1v) is 11.5. The van der Waals surface area contributed by atoms with E-state index >= 15 is 0 Å². The molecule has 1 aromatic heterocycles. The molecule has 5 N–H and O–H groups in total. The Balaban J connectivity index is 1.41. The van der Waals surface area contributed by atoms with Gasteiger partial charge in [0, 0.05) is 30.1 Å². The van der Waals surface area contributed by atoms with E-state index in [0.29, 0.717) is 29.9 Å². The van der Waals surface area contributed by atoms with Crippen molar-refractivity contribution >= 4 is 34.1 Å². The Morgan fingerprint density at radius 2 is 1.84 bits per heavy atom. The quantitative estimate of drug-likeness (QED) is 0.242. The number of carbonyl (C=O) groups is 2. The summed E-state index contributed by atoms with van der Waals surface area (Å²) in [5, 5.41) is 6.81. The number of hydrogen-bond acceptors (Lipinski definition) is 3. The van der Waals surface area contributed by atoms with Gasteiger partial charge in [-0.2, -0.15) is 0 Å². The van der Waals surface area contributed by atoms with Crippen molar-refractivity contribution in [3.63, 3.8) is 0 Å². The van der Waals surface area contributed by atoms with Gasteiger partial charge in [-0.1, -0.05) is 44.0 Å². The van der Waals surface area contributed by atoms with Crippen molar-refractivity contribution in [1.82, 2.24) is 10.3 Å². The highest BCUT2D eigenvalue weighted by molar-refractivity contribution is 6.07. The fourth-order valence-electron chi connectivity index (χ4n) is 3.92. The smallest absolute Gasteiger partial charge is 0.253 e. The summed E-state index contributed by atoms with van der Waals surface area (Å²) < 4.78 is 0. The molecule has 0 radical (unpaired) electrons. The van der Waals surface area contributed by atoms with E-state index in [4.69, 9.17) is 5.73 Å². The molecule has 0 bridgehead atoms. The van der Waals surface area contributed by atoms with Crippen molar-refractivity contribution in [1.29, 1.82) is 0 Å². The molecule has 0 spiro atoms. The maximum atomic E-state index is 12.7. The zero-order valence-electron chi connectivity index (χ0n) is 19.1. The van der Waals surface area contributed by atoms with Gasteiger partial charge in [-0.25, -0.2) is 0 Å². The number of amides is 2. The van der Waals surface area contributed by atoms with E-state index in [-0.39, 0.29) is 11.8 Å². The van der Waals surface area contributed by atoms with Gasteiger partial charge in [0.1, 0.15) is 0 Å². The summed E-state index contributed by atoms with van der Waals surface area (Å²) in [6, 6.07) is 11.4. The normalized spacial score (nSPS) is 10.9. The maximum absolute atomic E-state index is 12.7. The number of aromatic nitrogens is 1. The lowest BCUT2D eigenvalue weighted by molar-refractivity contribution is -0.116. The Bertz CT molecular complexity index is 1070. The van der Waals surface area contributed by atoms with Gasteiger partial charge < -0.3 is 21.4 Å². The molecular weight excluding hydrogens is 400 g/mol. The molecule has 3 aromatic rings. The Kier molecular flexibility index (Phi) is 8.31. The highest BCUT2D eigenvalue weighted by atomic mass is 16.2. The molecule has 0 fully saturated rings. The van der Waals surface area contributed by atoms with Crippen molar-refractivity contribution in [2.45, 2.75) is 58.8 Å².